The van der Waals surface area contributed by atoms with E-state index in [1.54, 1.807) is 0 Å². The third kappa shape index (κ3) is 2.26. The molecule has 18 heavy (non-hydrogen) atoms. The van der Waals surface area contributed by atoms with Gasteiger partial charge in [-0.05, 0) is 25.0 Å². The van der Waals surface area contributed by atoms with Crippen LogP contribution < -0.4 is 5.32 Å². The van der Waals surface area contributed by atoms with Gasteiger partial charge in [0.1, 0.15) is 5.82 Å². The lowest BCUT2D eigenvalue weighted by atomic mass is 10.1. The van der Waals surface area contributed by atoms with Gasteiger partial charge in [0.05, 0.1) is 24.2 Å². The molecule has 1 aromatic heterocycles. The molecule has 2 heterocycles. The second-order valence-corrected chi connectivity index (χ2v) is 4.87. The molecular weight excluding hydrogens is 226 g/mol. The summed E-state index contributed by atoms with van der Waals surface area (Å²) in [4.78, 5) is 4.66. The lowest BCUT2D eigenvalue weighted by Crippen LogP contribution is -2.36. The van der Waals surface area contributed by atoms with Gasteiger partial charge in [-0.15, -0.1) is 0 Å². The molecule has 1 unspecified atom stereocenters. The minimum Gasteiger partial charge on any atom is -0.380 e. The number of rotatable bonds is 3. The quantitative estimate of drug-likeness (QED) is 0.897. The molecule has 0 bridgehead atoms. The van der Waals surface area contributed by atoms with Crippen molar-refractivity contribution < 1.29 is 4.74 Å². The van der Waals surface area contributed by atoms with Crippen LogP contribution in [0.15, 0.2) is 24.3 Å². The molecule has 96 valence electrons. The number of nitrogens with one attached hydrogen (secondary N) is 1. The van der Waals surface area contributed by atoms with Gasteiger partial charge < -0.3 is 14.6 Å². The largest absolute Gasteiger partial charge is 0.380 e. The Labute approximate surface area is 107 Å². The first kappa shape index (κ1) is 11.7. The van der Waals surface area contributed by atoms with Crippen LogP contribution in [0.5, 0.6) is 0 Å². The smallest absolute Gasteiger partial charge is 0.123 e. The number of para-hydroxylation sites is 2. The SMILES string of the molecule is Cn1c(CNC2CCCOC2)nc2ccccc21. The van der Waals surface area contributed by atoms with Crippen molar-refractivity contribution in [3.05, 3.63) is 30.1 Å². The third-order valence-electron chi connectivity index (χ3n) is 3.59. The minimum atomic E-state index is 0.471. The zero-order valence-corrected chi connectivity index (χ0v) is 10.7. The van der Waals surface area contributed by atoms with E-state index >= 15 is 0 Å². The molecule has 1 fully saturated rings. The van der Waals surface area contributed by atoms with E-state index in [1.165, 1.54) is 11.9 Å². The van der Waals surface area contributed by atoms with E-state index in [9.17, 15) is 0 Å². The third-order valence-corrected chi connectivity index (χ3v) is 3.59. The fraction of sp³-hybridized carbons (Fsp3) is 0.500. The average Bonchev–Trinajstić information content (AvgIpc) is 2.75. The van der Waals surface area contributed by atoms with E-state index in [0.717, 1.165) is 37.5 Å². The Balaban J connectivity index is 1.72. The van der Waals surface area contributed by atoms with Gasteiger partial charge in [0.25, 0.3) is 0 Å². The lowest BCUT2D eigenvalue weighted by molar-refractivity contribution is 0.0696. The maximum atomic E-state index is 5.47. The van der Waals surface area contributed by atoms with Crippen molar-refractivity contribution in [1.82, 2.24) is 14.9 Å². The number of aromatic nitrogens is 2. The Morgan fingerprint density at radius 1 is 1.44 bits per heavy atom. The number of fused-ring (bicyclic) bond motifs is 1. The zero-order valence-electron chi connectivity index (χ0n) is 10.7. The summed E-state index contributed by atoms with van der Waals surface area (Å²) in [6.45, 7) is 2.54. The van der Waals surface area contributed by atoms with E-state index in [0.29, 0.717) is 6.04 Å². The summed E-state index contributed by atoms with van der Waals surface area (Å²) < 4.78 is 7.63. The van der Waals surface area contributed by atoms with Crippen LogP contribution in [-0.2, 0) is 18.3 Å². The first-order valence-corrected chi connectivity index (χ1v) is 6.56. The topological polar surface area (TPSA) is 39.1 Å². The van der Waals surface area contributed by atoms with Crippen molar-refractivity contribution >= 4 is 11.0 Å². The summed E-state index contributed by atoms with van der Waals surface area (Å²) in [6, 6.07) is 8.72. The van der Waals surface area contributed by atoms with E-state index in [4.69, 9.17) is 4.74 Å². The summed E-state index contributed by atoms with van der Waals surface area (Å²) >= 11 is 0. The van der Waals surface area contributed by atoms with Crippen molar-refractivity contribution in [3.8, 4) is 0 Å². The molecule has 1 saturated heterocycles. The van der Waals surface area contributed by atoms with E-state index < -0.39 is 0 Å². The summed E-state index contributed by atoms with van der Waals surface area (Å²) in [7, 11) is 2.07. The van der Waals surface area contributed by atoms with Gasteiger partial charge in [-0.25, -0.2) is 4.98 Å². The molecule has 0 aliphatic carbocycles. The number of ether oxygens (including phenoxy) is 1. The summed E-state index contributed by atoms with van der Waals surface area (Å²) in [6.07, 6.45) is 2.35. The van der Waals surface area contributed by atoms with Gasteiger partial charge in [0, 0.05) is 19.7 Å². The molecule has 1 aromatic carbocycles. The monoisotopic (exact) mass is 245 g/mol. The normalized spacial score (nSPS) is 20.4. The van der Waals surface area contributed by atoms with Crippen molar-refractivity contribution in [3.63, 3.8) is 0 Å². The van der Waals surface area contributed by atoms with Crippen LogP contribution in [0.2, 0.25) is 0 Å². The fourth-order valence-electron chi connectivity index (χ4n) is 2.49. The predicted molar refractivity (Wildman–Crippen MR) is 71.4 cm³/mol. The van der Waals surface area contributed by atoms with Crippen LogP contribution in [-0.4, -0.2) is 28.8 Å². The first-order valence-electron chi connectivity index (χ1n) is 6.56. The van der Waals surface area contributed by atoms with Crippen LogP contribution >= 0.6 is 0 Å². The Kier molecular flexibility index (Phi) is 3.30. The van der Waals surface area contributed by atoms with Crippen molar-refractivity contribution in [1.29, 1.82) is 0 Å². The number of imidazole rings is 1. The van der Waals surface area contributed by atoms with Crippen LogP contribution in [0.1, 0.15) is 18.7 Å². The summed E-state index contributed by atoms with van der Waals surface area (Å²) in [5.41, 5.74) is 2.26. The standard InChI is InChI=1S/C14H19N3O/c1-17-13-7-3-2-6-12(13)16-14(17)9-15-11-5-4-8-18-10-11/h2-3,6-7,11,15H,4-5,8-10H2,1H3. The molecule has 4 heteroatoms. The van der Waals surface area contributed by atoms with E-state index in [2.05, 4.69) is 40.1 Å². The summed E-state index contributed by atoms with van der Waals surface area (Å²) in [5.74, 6) is 1.08. The van der Waals surface area contributed by atoms with E-state index in [1.807, 2.05) is 6.07 Å². The lowest BCUT2D eigenvalue weighted by Gasteiger charge is -2.23. The Hall–Kier alpha value is -1.39. The average molecular weight is 245 g/mol. The van der Waals surface area contributed by atoms with Crippen molar-refractivity contribution in [2.75, 3.05) is 13.2 Å². The maximum absolute atomic E-state index is 5.47. The van der Waals surface area contributed by atoms with Crippen LogP contribution in [0.4, 0.5) is 0 Å². The molecule has 2 aromatic rings. The second-order valence-electron chi connectivity index (χ2n) is 4.87. The zero-order chi connectivity index (χ0) is 12.4. The van der Waals surface area contributed by atoms with Gasteiger partial charge in [-0.1, -0.05) is 12.1 Å². The molecule has 3 rings (SSSR count). The molecular formula is C14H19N3O. The minimum absolute atomic E-state index is 0.471. The molecule has 0 spiro atoms. The van der Waals surface area contributed by atoms with Crippen LogP contribution in [0, 0.1) is 0 Å². The number of aryl methyl sites for hydroxylation is 1. The number of hydrogen-bond acceptors (Lipinski definition) is 3. The molecule has 1 atom stereocenters. The number of nitrogens with zero attached hydrogens (tertiary/aromatic N) is 2. The van der Waals surface area contributed by atoms with E-state index in [-0.39, 0.29) is 0 Å². The predicted octanol–water partition coefficient (Wildman–Crippen LogP) is 1.84. The van der Waals surface area contributed by atoms with Gasteiger partial charge in [0.2, 0.25) is 0 Å². The maximum Gasteiger partial charge on any atom is 0.123 e. The first-order chi connectivity index (χ1) is 8.84. The van der Waals surface area contributed by atoms with Crippen molar-refractivity contribution in [2.24, 2.45) is 7.05 Å². The Morgan fingerprint density at radius 3 is 3.11 bits per heavy atom. The van der Waals surface area contributed by atoms with Gasteiger partial charge >= 0.3 is 0 Å². The highest BCUT2D eigenvalue weighted by Crippen LogP contribution is 2.14. The van der Waals surface area contributed by atoms with Gasteiger partial charge in [-0.2, -0.15) is 0 Å². The summed E-state index contributed by atoms with van der Waals surface area (Å²) in [5, 5.41) is 3.53. The molecule has 1 N–H and O–H groups in total. The molecule has 1 aliphatic rings. The second kappa shape index (κ2) is 5.08. The molecule has 0 saturated carbocycles. The molecule has 4 nitrogen and oxygen atoms in total. The number of benzene rings is 1. The van der Waals surface area contributed by atoms with Gasteiger partial charge in [-0.3, -0.25) is 0 Å². The Morgan fingerprint density at radius 2 is 2.33 bits per heavy atom. The van der Waals surface area contributed by atoms with Crippen LogP contribution in [0.3, 0.4) is 0 Å². The van der Waals surface area contributed by atoms with Crippen LogP contribution in [0.25, 0.3) is 11.0 Å². The highest BCUT2D eigenvalue weighted by atomic mass is 16.5. The molecule has 0 radical (unpaired) electrons. The van der Waals surface area contributed by atoms with Gasteiger partial charge in [0.15, 0.2) is 0 Å². The highest BCUT2D eigenvalue weighted by molar-refractivity contribution is 5.75. The number of hydrogen-bond donors (Lipinski definition) is 1. The van der Waals surface area contributed by atoms with Crippen molar-refractivity contribution in [2.45, 2.75) is 25.4 Å². The molecule has 0 amide bonds. The highest BCUT2D eigenvalue weighted by Gasteiger charge is 2.14. The molecule has 1 aliphatic heterocycles. The Bertz CT molecular complexity index is 529. The fourth-order valence-corrected chi connectivity index (χ4v) is 2.49.